The Morgan fingerprint density at radius 1 is 1.58 bits per heavy atom. The number of nitrogens with zero attached hydrogens (tertiary/aromatic N) is 1. The first-order valence-corrected chi connectivity index (χ1v) is 4.74. The Morgan fingerprint density at radius 3 is 2.75 bits per heavy atom. The maximum absolute atomic E-state index is 8.64. The molecule has 1 rings (SSSR count). The fourth-order valence-electron chi connectivity index (χ4n) is 1.84. The summed E-state index contributed by atoms with van der Waals surface area (Å²) in [4.78, 5) is 0. The van der Waals surface area contributed by atoms with Crippen LogP contribution in [-0.4, -0.2) is 12.7 Å². The predicted octanol–water partition coefficient (Wildman–Crippen LogP) is 2.35. The van der Waals surface area contributed by atoms with Gasteiger partial charge >= 0.3 is 0 Å². The lowest BCUT2D eigenvalue weighted by molar-refractivity contribution is 0.0464. The molecule has 2 atom stereocenters. The van der Waals surface area contributed by atoms with E-state index in [9.17, 15) is 0 Å². The first-order chi connectivity index (χ1) is 5.75. The molecule has 0 amide bonds. The highest BCUT2D eigenvalue weighted by atomic mass is 16.5. The number of hydrogen-bond donors (Lipinski definition) is 0. The van der Waals surface area contributed by atoms with Gasteiger partial charge in [0.05, 0.1) is 12.2 Å². The first kappa shape index (κ1) is 9.54. The lowest BCUT2D eigenvalue weighted by atomic mass is 9.86. The summed E-state index contributed by atoms with van der Waals surface area (Å²) in [5, 5.41) is 8.64. The molecule has 2 unspecified atom stereocenters. The molecule has 0 N–H and O–H groups in total. The highest BCUT2D eigenvalue weighted by molar-refractivity contribution is 4.84. The van der Waals surface area contributed by atoms with Crippen LogP contribution in [0.25, 0.3) is 0 Å². The van der Waals surface area contributed by atoms with Gasteiger partial charge in [-0.15, -0.1) is 0 Å². The molecular weight excluding hydrogens is 150 g/mol. The summed E-state index contributed by atoms with van der Waals surface area (Å²) in [5.41, 5.74) is 0. The van der Waals surface area contributed by atoms with Crippen molar-refractivity contribution in [3.63, 3.8) is 0 Å². The fraction of sp³-hybridized carbons (Fsp3) is 0.900. The Kier molecular flexibility index (Phi) is 3.55. The molecule has 0 spiro atoms. The van der Waals surface area contributed by atoms with Crippen molar-refractivity contribution in [2.45, 2.75) is 39.2 Å². The van der Waals surface area contributed by atoms with Crippen LogP contribution in [0.1, 0.15) is 33.1 Å². The van der Waals surface area contributed by atoms with Crippen molar-refractivity contribution >= 4 is 0 Å². The van der Waals surface area contributed by atoms with Crippen LogP contribution in [0.5, 0.6) is 0 Å². The highest BCUT2D eigenvalue weighted by Crippen LogP contribution is 2.28. The molecule has 68 valence electrons. The molecule has 0 aromatic rings. The van der Waals surface area contributed by atoms with Crippen molar-refractivity contribution in [3.8, 4) is 6.07 Å². The van der Waals surface area contributed by atoms with E-state index >= 15 is 0 Å². The van der Waals surface area contributed by atoms with Crippen LogP contribution in [0, 0.1) is 23.2 Å². The smallest absolute Gasteiger partial charge is 0.0625 e. The standard InChI is InChI=1S/C10H17NO/c1-8(2)9(5-6-11)10-4-3-7-12-10/h8-10H,3-5,7H2,1-2H3. The molecule has 1 saturated heterocycles. The van der Waals surface area contributed by atoms with E-state index in [0.29, 0.717) is 24.4 Å². The monoisotopic (exact) mass is 167 g/mol. The number of rotatable bonds is 3. The summed E-state index contributed by atoms with van der Waals surface area (Å²) in [7, 11) is 0. The van der Waals surface area contributed by atoms with Gasteiger partial charge in [0, 0.05) is 18.9 Å². The fourth-order valence-corrected chi connectivity index (χ4v) is 1.84. The third kappa shape index (κ3) is 2.22. The largest absolute Gasteiger partial charge is 0.378 e. The number of hydrogen-bond acceptors (Lipinski definition) is 2. The average Bonchev–Trinajstić information content (AvgIpc) is 2.51. The van der Waals surface area contributed by atoms with Gasteiger partial charge in [-0.3, -0.25) is 0 Å². The van der Waals surface area contributed by atoms with Gasteiger partial charge in [0.2, 0.25) is 0 Å². The summed E-state index contributed by atoms with van der Waals surface area (Å²) in [5.74, 6) is 1.00. The van der Waals surface area contributed by atoms with Crippen LogP contribution in [0.3, 0.4) is 0 Å². The van der Waals surface area contributed by atoms with Crippen molar-refractivity contribution in [2.24, 2.45) is 11.8 Å². The van der Waals surface area contributed by atoms with Crippen molar-refractivity contribution in [1.82, 2.24) is 0 Å². The van der Waals surface area contributed by atoms with E-state index in [4.69, 9.17) is 10.00 Å². The second-order valence-corrected chi connectivity index (χ2v) is 3.82. The van der Waals surface area contributed by atoms with Gasteiger partial charge in [0.25, 0.3) is 0 Å². The van der Waals surface area contributed by atoms with Crippen LogP contribution in [-0.2, 0) is 4.74 Å². The molecule has 2 nitrogen and oxygen atoms in total. The number of nitriles is 1. The van der Waals surface area contributed by atoms with E-state index < -0.39 is 0 Å². The molecule has 1 aliphatic rings. The molecule has 12 heavy (non-hydrogen) atoms. The SMILES string of the molecule is CC(C)C(CC#N)C1CCCO1. The predicted molar refractivity (Wildman–Crippen MR) is 47.5 cm³/mol. The zero-order chi connectivity index (χ0) is 8.97. The van der Waals surface area contributed by atoms with Crippen molar-refractivity contribution in [2.75, 3.05) is 6.61 Å². The molecule has 0 aromatic carbocycles. The van der Waals surface area contributed by atoms with Crippen molar-refractivity contribution < 1.29 is 4.74 Å². The Bertz CT molecular complexity index is 165. The second-order valence-electron chi connectivity index (χ2n) is 3.82. The van der Waals surface area contributed by atoms with Crippen LogP contribution in [0.15, 0.2) is 0 Å². The van der Waals surface area contributed by atoms with E-state index in [-0.39, 0.29) is 0 Å². The minimum absolute atomic E-state index is 0.352. The van der Waals surface area contributed by atoms with Crippen molar-refractivity contribution in [1.29, 1.82) is 5.26 Å². The molecule has 0 bridgehead atoms. The van der Waals surface area contributed by atoms with Gasteiger partial charge in [-0.05, 0) is 18.8 Å². The molecule has 1 fully saturated rings. The lowest BCUT2D eigenvalue weighted by Gasteiger charge is -2.23. The van der Waals surface area contributed by atoms with Gasteiger partial charge in [0.1, 0.15) is 0 Å². The molecule has 0 radical (unpaired) electrons. The quantitative estimate of drug-likeness (QED) is 0.646. The average molecular weight is 167 g/mol. The maximum Gasteiger partial charge on any atom is 0.0625 e. The van der Waals surface area contributed by atoms with Crippen LogP contribution in [0.2, 0.25) is 0 Å². The van der Waals surface area contributed by atoms with Gasteiger partial charge in [-0.2, -0.15) is 5.26 Å². The lowest BCUT2D eigenvalue weighted by Crippen LogP contribution is -2.24. The normalized spacial score (nSPS) is 25.7. The Balaban J connectivity index is 2.47. The topological polar surface area (TPSA) is 33.0 Å². The van der Waals surface area contributed by atoms with Gasteiger partial charge in [0.15, 0.2) is 0 Å². The van der Waals surface area contributed by atoms with Gasteiger partial charge in [-0.25, -0.2) is 0 Å². The van der Waals surface area contributed by atoms with E-state index in [0.717, 1.165) is 13.0 Å². The van der Waals surface area contributed by atoms with Crippen molar-refractivity contribution in [3.05, 3.63) is 0 Å². The summed E-state index contributed by atoms with van der Waals surface area (Å²) in [6, 6.07) is 2.25. The third-order valence-corrected chi connectivity index (χ3v) is 2.63. The zero-order valence-electron chi connectivity index (χ0n) is 7.92. The summed E-state index contributed by atoms with van der Waals surface area (Å²) in [6.07, 6.45) is 3.30. The zero-order valence-corrected chi connectivity index (χ0v) is 7.92. The van der Waals surface area contributed by atoms with Gasteiger partial charge in [-0.1, -0.05) is 13.8 Å². The summed E-state index contributed by atoms with van der Waals surface area (Å²) in [6.45, 7) is 5.23. The highest BCUT2D eigenvalue weighted by Gasteiger charge is 2.27. The molecule has 0 saturated carbocycles. The molecule has 2 heteroatoms. The molecule has 1 aliphatic heterocycles. The van der Waals surface area contributed by atoms with E-state index in [1.165, 1.54) is 6.42 Å². The Morgan fingerprint density at radius 2 is 2.33 bits per heavy atom. The minimum atomic E-state index is 0.352. The van der Waals surface area contributed by atoms with E-state index in [1.54, 1.807) is 0 Å². The van der Waals surface area contributed by atoms with Crippen LogP contribution < -0.4 is 0 Å². The van der Waals surface area contributed by atoms with E-state index in [1.807, 2.05) is 0 Å². The van der Waals surface area contributed by atoms with Crippen LogP contribution in [0.4, 0.5) is 0 Å². The summed E-state index contributed by atoms with van der Waals surface area (Å²) >= 11 is 0. The first-order valence-electron chi connectivity index (χ1n) is 4.74. The number of ether oxygens (including phenoxy) is 1. The molecule has 0 aliphatic carbocycles. The minimum Gasteiger partial charge on any atom is -0.378 e. The van der Waals surface area contributed by atoms with Crippen LogP contribution >= 0.6 is 0 Å². The molecular formula is C10H17NO. The Labute approximate surface area is 74.5 Å². The van der Waals surface area contributed by atoms with E-state index in [2.05, 4.69) is 19.9 Å². The molecule has 0 aromatic heterocycles. The maximum atomic E-state index is 8.64. The molecule has 1 heterocycles. The second kappa shape index (κ2) is 4.47. The Hall–Kier alpha value is -0.550. The van der Waals surface area contributed by atoms with Gasteiger partial charge < -0.3 is 4.74 Å². The third-order valence-electron chi connectivity index (χ3n) is 2.63. The summed E-state index contributed by atoms with van der Waals surface area (Å²) < 4.78 is 5.58.